The summed E-state index contributed by atoms with van der Waals surface area (Å²) in [5.74, 6) is 0.796. The van der Waals surface area contributed by atoms with Gasteiger partial charge in [0.05, 0.1) is 5.25 Å². The predicted molar refractivity (Wildman–Crippen MR) is 69.3 cm³/mol. The van der Waals surface area contributed by atoms with Gasteiger partial charge in [-0.15, -0.1) is 0 Å². The van der Waals surface area contributed by atoms with Gasteiger partial charge in [-0.2, -0.15) is 0 Å². The third kappa shape index (κ3) is 5.53. The summed E-state index contributed by atoms with van der Waals surface area (Å²) in [6.07, 6.45) is 9.55. The molecule has 0 amide bonds. The van der Waals surface area contributed by atoms with Gasteiger partial charge in [0.2, 0.25) is 9.05 Å². The second-order valence-electron chi connectivity index (χ2n) is 5.13. The topological polar surface area (TPSA) is 34.1 Å². The fraction of sp³-hybridized carbons (Fsp3) is 1.00. The quantitative estimate of drug-likeness (QED) is 0.670. The molecule has 96 valence electrons. The van der Waals surface area contributed by atoms with Crippen molar-refractivity contribution in [3.8, 4) is 0 Å². The van der Waals surface area contributed by atoms with Gasteiger partial charge in [-0.25, -0.2) is 8.42 Å². The van der Waals surface area contributed by atoms with E-state index in [4.69, 9.17) is 10.7 Å². The summed E-state index contributed by atoms with van der Waals surface area (Å²) in [7, 11) is 2.13. The van der Waals surface area contributed by atoms with Crippen LogP contribution in [-0.4, -0.2) is 13.7 Å². The Labute approximate surface area is 104 Å². The number of rotatable bonds is 1. The van der Waals surface area contributed by atoms with E-state index in [0.29, 0.717) is 0 Å². The second-order valence-corrected chi connectivity index (χ2v) is 8.03. The number of hydrogen-bond donors (Lipinski definition) is 0. The van der Waals surface area contributed by atoms with E-state index in [0.717, 1.165) is 44.4 Å². The van der Waals surface area contributed by atoms with Gasteiger partial charge in [0.15, 0.2) is 0 Å². The van der Waals surface area contributed by atoms with Crippen molar-refractivity contribution in [2.45, 2.75) is 70.0 Å². The lowest BCUT2D eigenvalue weighted by Gasteiger charge is -2.12. The molecule has 1 fully saturated rings. The molecule has 1 aliphatic carbocycles. The molecule has 16 heavy (non-hydrogen) atoms. The highest BCUT2D eigenvalue weighted by molar-refractivity contribution is 8.14. The van der Waals surface area contributed by atoms with Crippen molar-refractivity contribution in [3.05, 3.63) is 0 Å². The summed E-state index contributed by atoms with van der Waals surface area (Å²) in [5.41, 5.74) is 0. The summed E-state index contributed by atoms with van der Waals surface area (Å²) in [4.78, 5) is 0. The molecule has 2 atom stereocenters. The molecule has 0 aromatic carbocycles. The van der Waals surface area contributed by atoms with Crippen molar-refractivity contribution in [1.82, 2.24) is 0 Å². The molecule has 0 aromatic rings. The molecule has 0 spiro atoms. The monoisotopic (exact) mass is 266 g/mol. The van der Waals surface area contributed by atoms with Crippen LogP contribution < -0.4 is 0 Å². The molecule has 4 heteroatoms. The molecule has 1 aliphatic rings. The SMILES string of the molecule is C[C@@H]1CCCCC[C@H](S(=O)(=O)Cl)CCCC1. The Balaban J connectivity index is 2.50. The summed E-state index contributed by atoms with van der Waals surface area (Å²) in [6.45, 7) is 2.30. The smallest absolute Gasteiger partial charge is 0.212 e. The average Bonchev–Trinajstić information content (AvgIpc) is 2.22. The van der Waals surface area contributed by atoms with Crippen molar-refractivity contribution < 1.29 is 8.42 Å². The first-order chi connectivity index (χ1) is 7.50. The van der Waals surface area contributed by atoms with Crippen molar-refractivity contribution in [1.29, 1.82) is 0 Å². The molecule has 0 unspecified atom stereocenters. The van der Waals surface area contributed by atoms with Crippen molar-refractivity contribution in [2.75, 3.05) is 0 Å². The Morgan fingerprint density at radius 2 is 1.31 bits per heavy atom. The molecule has 0 radical (unpaired) electrons. The van der Waals surface area contributed by atoms with Crippen LogP contribution in [-0.2, 0) is 9.05 Å². The van der Waals surface area contributed by atoms with Gasteiger partial charge < -0.3 is 0 Å². The highest BCUT2D eigenvalue weighted by Gasteiger charge is 2.22. The van der Waals surface area contributed by atoms with E-state index in [9.17, 15) is 8.42 Å². The van der Waals surface area contributed by atoms with Gasteiger partial charge >= 0.3 is 0 Å². The zero-order chi connectivity index (χ0) is 12.0. The van der Waals surface area contributed by atoms with Crippen LogP contribution in [0.2, 0.25) is 0 Å². The Hall–Kier alpha value is 0.240. The fourth-order valence-corrected chi connectivity index (χ4v) is 3.91. The van der Waals surface area contributed by atoms with Gasteiger partial charge in [0.25, 0.3) is 0 Å². The lowest BCUT2D eigenvalue weighted by Crippen LogP contribution is -2.16. The van der Waals surface area contributed by atoms with Crippen LogP contribution in [0.25, 0.3) is 0 Å². The van der Waals surface area contributed by atoms with Crippen molar-refractivity contribution in [3.63, 3.8) is 0 Å². The summed E-state index contributed by atoms with van der Waals surface area (Å²) in [5, 5.41) is -0.303. The third-order valence-electron chi connectivity index (χ3n) is 3.59. The number of halogens is 1. The van der Waals surface area contributed by atoms with E-state index in [1.165, 1.54) is 19.3 Å². The minimum Gasteiger partial charge on any atom is -0.212 e. The van der Waals surface area contributed by atoms with E-state index < -0.39 is 9.05 Å². The first-order valence-corrected chi connectivity index (χ1v) is 8.81. The molecule has 0 saturated heterocycles. The lowest BCUT2D eigenvalue weighted by molar-refractivity contribution is 0.447. The third-order valence-corrected chi connectivity index (χ3v) is 5.62. The lowest BCUT2D eigenvalue weighted by atomic mass is 9.98. The van der Waals surface area contributed by atoms with Gasteiger partial charge in [0, 0.05) is 10.7 Å². The maximum absolute atomic E-state index is 11.4. The molecule has 0 aliphatic heterocycles. The second kappa shape index (κ2) is 6.85. The van der Waals surface area contributed by atoms with E-state index >= 15 is 0 Å². The minimum absolute atomic E-state index is 0.303. The average molecular weight is 267 g/mol. The zero-order valence-electron chi connectivity index (χ0n) is 10.1. The van der Waals surface area contributed by atoms with E-state index in [2.05, 4.69) is 6.92 Å². The highest BCUT2D eigenvalue weighted by Crippen LogP contribution is 2.25. The van der Waals surface area contributed by atoms with Crippen LogP contribution >= 0.6 is 10.7 Å². The van der Waals surface area contributed by atoms with Gasteiger partial charge in [-0.3, -0.25) is 0 Å². The van der Waals surface area contributed by atoms with Crippen LogP contribution in [0.3, 0.4) is 0 Å². The van der Waals surface area contributed by atoms with Gasteiger partial charge in [0.1, 0.15) is 0 Å². The van der Waals surface area contributed by atoms with Gasteiger partial charge in [-0.1, -0.05) is 51.9 Å². The Morgan fingerprint density at radius 1 is 0.875 bits per heavy atom. The predicted octanol–water partition coefficient (Wildman–Crippen LogP) is 4.08. The first kappa shape index (κ1) is 14.3. The van der Waals surface area contributed by atoms with E-state index in [1.807, 2.05) is 0 Å². The molecule has 0 aromatic heterocycles. The molecule has 0 bridgehead atoms. The standard InChI is InChI=1S/C12H23ClO2S/c1-11-7-3-2-4-9-12(16(13,14)15)10-6-5-8-11/h11-12H,2-10H2,1H3/t11-,12+/m1/s1. The molecule has 1 saturated carbocycles. The highest BCUT2D eigenvalue weighted by atomic mass is 35.7. The van der Waals surface area contributed by atoms with Gasteiger partial charge in [-0.05, 0) is 18.8 Å². The summed E-state index contributed by atoms with van der Waals surface area (Å²) >= 11 is 0. The minimum atomic E-state index is -3.35. The van der Waals surface area contributed by atoms with Crippen LogP contribution in [0.1, 0.15) is 64.7 Å². The van der Waals surface area contributed by atoms with Crippen LogP contribution in [0.5, 0.6) is 0 Å². The first-order valence-electron chi connectivity index (χ1n) is 6.43. The van der Waals surface area contributed by atoms with Crippen LogP contribution in [0.4, 0.5) is 0 Å². The Kier molecular flexibility index (Phi) is 6.12. The Bertz CT molecular complexity index is 287. The maximum Gasteiger partial charge on any atom is 0.235 e. The van der Waals surface area contributed by atoms with Crippen LogP contribution in [0.15, 0.2) is 0 Å². The van der Waals surface area contributed by atoms with E-state index in [1.54, 1.807) is 0 Å². The normalized spacial score (nSPS) is 30.6. The maximum atomic E-state index is 11.4. The Morgan fingerprint density at radius 3 is 1.88 bits per heavy atom. The van der Waals surface area contributed by atoms with Crippen molar-refractivity contribution in [2.24, 2.45) is 5.92 Å². The molecule has 0 heterocycles. The fourth-order valence-electron chi connectivity index (χ4n) is 2.48. The number of hydrogen-bond acceptors (Lipinski definition) is 2. The molecular weight excluding hydrogens is 244 g/mol. The van der Waals surface area contributed by atoms with Crippen molar-refractivity contribution >= 4 is 19.7 Å². The summed E-state index contributed by atoms with van der Waals surface area (Å²) in [6, 6.07) is 0. The largest absolute Gasteiger partial charge is 0.235 e. The summed E-state index contributed by atoms with van der Waals surface area (Å²) < 4.78 is 22.7. The van der Waals surface area contributed by atoms with E-state index in [-0.39, 0.29) is 5.25 Å². The zero-order valence-corrected chi connectivity index (χ0v) is 11.7. The molecule has 0 N–H and O–H groups in total. The molecule has 2 nitrogen and oxygen atoms in total. The molecular formula is C12H23ClO2S. The molecule has 1 rings (SSSR count). The van der Waals surface area contributed by atoms with Crippen LogP contribution in [0, 0.1) is 5.92 Å².